The summed E-state index contributed by atoms with van der Waals surface area (Å²) in [6, 6.07) is 5.86. The number of aryl methyl sites for hydroxylation is 1. The van der Waals surface area contributed by atoms with Crippen LogP contribution in [0.5, 0.6) is 0 Å². The van der Waals surface area contributed by atoms with Gasteiger partial charge in [0.2, 0.25) is 0 Å². The second-order valence-corrected chi connectivity index (χ2v) is 4.36. The third-order valence-electron chi connectivity index (χ3n) is 2.20. The second-order valence-electron chi connectivity index (χ2n) is 3.57. The van der Waals surface area contributed by atoms with Crippen LogP contribution in [0.1, 0.15) is 30.6 Å². The Kier molecular flexibility index (Phi) is 5.29. The third-order valence-corrected chi connectivity index (χ3v) is 3.29. The Bertz CT molecular complexity index is 312. The molecule has 0 aliphatic rings. The van der Waals surface area contributed by atoms with Crippen molar-refractivity contribution < 1.29 is 9.84 Å². The van der Waals surface area contributed by atoms with Gasteiger partial charge in [-0.05, 0) is 24.5 Å². The van der Waals surface area contributed by atoms with E-state index in [0.29, 0.717) is 13.2 Å². The highest BCUT2D eigenvalue weighted by Gasteiger charge is 2.12. The predicted octanol–water partition coefficient (Wildman–Crippen LogP) is 3.22. The van der Waals surface area contributed by atoms with Crippen molar-refractivity contribution in [3.05, 3.63) is 33.8 Å². The zero-order valence-electron chi connectivity index (χ0n) is 9.16. The highest BCUT2D eigenvalue weighted by atomic mass is 79.9. The zero-order chi connectivity index (χ0) is 11.3. The number of hydrogen-bond donors (Lipinski definition) is 1. The fourth-order valence-corrected chi connectivity index (χ4v) is 1.89. The molecule has 1 N–H and O–H groups in total. The fourth-order valence-electron chi connectivity index (χ4n) is 1.36. The van der Waals surface area contributed by atoms with E-state index in [4.69, 9.17) is 4.74 Å². The van der Waals surface area contributed by atoms with Gasteiger partial charge in [0.25, 0.3) is 0 Å². The summed E-state index contributed by atoms with van der Waals surface area (Å²) in [4.78, 5) is 0. The molecule has 0 bridgehead atoms. The molecule has 0 aliphatic heterocycles. The minimum Gasteiger partial charge on any atom is -0.386 e. The first-order valence-corrected chi connectivity index (χ1v) is 5.97. The fraction of sp³-hybridized carbons (Fsp3) is 0.500. The van der Waals surface area contributed by atoms with Crippen LogP contribution >= 0.6 is 15.9 Å². The molecule has 0 aliphatic carbocycles. The summed E-state index contributed by atoms with van der Waals surface area (Å²) < 4.78 is 6.29. The largest absolute Gasteiger partial charge is 0.386 e. The molecule has 84 valence electrons. The topological polar surface area (TPSA) is 29.5 Å². The normalized spacial score (nSPS) is 12.8. The van der Waals surface area contributed by atoms with Gasteiger partial charge in [-0.15, -0.1) is 0 Å². The van der Waals surface area contributed by atoms with E-state index < -0.39 is 6.10 Å². The highest BCUT2D eigenvalue weighted by molar-refractivity contribution is 9.10. The molecule has 0 fully saturated rings. The van der Waals surface area contributed by atoms with Crippen LogP contribution in [0.3, 0.4) is 0 Å². The van der Waals surface area contributed by atoms with Crippen molar-refractivity contribution in [1.29, 1.82) is 0 Å². The quantitative estimate of drug-likeness (QED) is 0.835. The molecule has 1 atom stereocenters. The average Bonchev–Trinajstić information content (AvgIpc) is 2.22. The van der Waals surface area contributed by atoms with Gasteiger partial charge < -0.3 is 9.84 Å². The molecule has 15 heavy (non-hydrogen) atoms. The number of rotatable bonds is 5. The average molecular weight is 273 g/mol. The summed E-state index contributed by atoms with van der Waals surface area (Å²) in [5, 5.41) is 9.90. The summed E-state index contributed by atoms with van der Waals surface area (Å²) >= 11 is 3.47. The summed E-state index contributed by atoms with van der Waals surface area (Å²) in [6.07, 6.45) is 0.424. The standard InChI is InChI=1S/C12H17BrO2/c1-3-7-15-8-11(14)10-6-4-5-9(2)12(10)13/h4-6,11,14H,3,7-8H2,1-2H3. The van der Waals surface area contributed by atoms with Crippen LogP contribution < -0.4 is 0 Å². The molecule has 3 heteroatoms. The predicted molar refractivity (Wildman–Crippen MR) is 64.9 cm³/mol. The van der Waals surface area contributed by atoms with E-state index in [2.05, 4.69) is 22.9 Å². The molecule has 1 aromatic carbocycles. The second kappa shape index (κ2) is 6.26. The molecule has 0 aromatic heterocycles. The maximum Gasteiger partial charge on any atom is 0.103 e. The monoisotopic (exact) mass is 272 g/mol. The molecule has 0 radical (unpaired) electrons. The van der Waals surface area contributed by atoms with Crippen molar-refractivity contribution in [3.63, 3.8) is 0 Å². The van der Waals surface area contributed by atoms with Gasteiger partial charge in [-0.1, -0.05) is 41.1 Å². The van der Waals surface area contributed by atoms with Crippen LogP contribution in [0.25, 0.3) is 0 Å². The molecular weight excluding hydrogens is 256 g/mol. The van der Waals surface area contributed by atoms with Crippen molar-refractivity contribution >= 4 is 15.9 Å². The minimum atomic E-state index is -0.550. The van der Waals surface area contributed by atoms with E-state index >= 15 is 0 Å². The van der Waals surface area contributed by atoms with Crippen LogP contribution in [0.15, 0.2) is 22.7 Å². The first-order valence-electron chi connectivity index (χ1n) is 5.17. The summed E-state index contributed by atoms with van der Waals surface area (Å²) in [5.74, 6) is 0. The lowest BCUT2D eigenvalue weighted by atomic mass is 10.1. The van der Waals surface area contributed by atoms with Gasteiger partial charge in [-0.25, -0.2) is 0 Å². The van der Waals surface area contributed by atoms with Crippen molar-refractivity contribution in [2.24, 2.45) is 0 Å². The van der Waals surface area contributed by atoms with E-state index in [-0.39, 0.29) is 0 Å². The van der Waals surface area contributed by atoms with Crippen LogP contribution in [0, 0.1) is 6.92 Å². The van der Waals surface area contributed by atoms with Crippen LogP contribution in [-0.2, 0) is 4.74 Å². The maximum absolute atomic E-state index is 9.90. The number of hydrogen-bond acceptors (Lipinski definition) is 2. The Labute approximate surface area is 99.4 Å². The molecule has 1 rings (SSSR count). The van der Waals surface area contributed by atoms with E-state index in [1.807, 2.05) is 25.1 Å². The summed E-state index contributed by atoms with van der Waals surface area (Å²) in [5.41, 5.74) is 2.02. The number of aliphatic hydroxyl groups is 1. The van der Waals surface area contributed by atoms with Gasteiger partial charge >= 0.3 is 0 Å². The zero-order valence-corrected chi connectivity index (χ0v) is 10.8. The van der Waals surface area contributed by atoms with Gasteiger partial charge in [0.05, 0.1) is 6.61 Å². The van der Waals surface area contributed by atoms with Crippen molar-refractivity contribution in [3.8, 4) is 0 Å². The van der Waals surface area contributed by atoms with Gasteiger partial charge in [0.1, 0.15) is 6.10 Å². The number of ether oxygens (including phenoxy) is 1. The molecular formula is C12H17BrO2. The van der Waals surface area contributed by atoms with E-state index in [9.17, 15) is 5.11 Å². The summed E-state index contributed by atoms with van der Waals surface area (Å²) in [6.45, 7) is 5.11. The van der Waals surface area contributed by atoms with Crippen LogP contribution in [-0.4, -0.2) is 18.3 Å². The molecule has 0 saturated heterocycles. The van der Waals surface area contributed by atoms with Crippen LogP contribution in [0.4, 0.5) is 0 Å². The SMILES string of the molecule is CCCOCC(O)c1cccc(C)c1Br. The maximum atomic E-state index is 9.90. The Hall–Kier alpha value is -0.380. The highest BCUT2D eigenvalue weighted by Crippen LogP contribution is 2.26. The minimum absolute atomic E-state index is 0.357. The van der Waals surface area contributed by atoms with Crippen molar-refractivity contribution in [1.82, 2.24) is 0 Å². The van der Waals surface area contributed by atoms with Gasteiger partial charge in [-0.2, -0.15) is 0 Å². The Morgan fingerprint density at radius 1 is 1.47 bits per heavy atom. The lowest BCUT2D eigenvalue weighted by molar-refractivity contribution is 0.0360. The van der Waals surface area contributed by atoms with E-state index in [0.717, 1.165) is 22.0 Å². The Morgan fingerprint density at radius 3 is 2.87 bits per heavy atom. The first kappa shape index (κ1) is 12.7. The third kappa shape index (κ3) is 3.59. The first-order chi connectivity index (χ1) is 7.16. The van der Waals surface area contributed by atoms with E-state index in [1.54, 1.807) is 0 Å². The molecule has 0 heterocycles. The molecule has 0 saturated carbocycles. The van der Waals surface area contributed by atoms with Gasteiger partial charge in [0, 0.05) is 11.1 Å². The number of aliphatic hydroxyl groups excluding tert-OH is 1. The van der Waals surface area contributed by atoms with Gasteiger partial charge in [0.15, 0.2) is 0 Å². The summed E-state index contributed by atoms with van der Waals surface area (Å²) in [7, 11) is 0. The molecule has 0 amide bonds. The van der Waals surface area contributed by atoms with Crippen LogP contribution in [0.2, 0.25) is 0 Å². The van der Waals surface area contributed by atoms with E-state index in [1.165, 1.54) is 0 Å². The molecule has 1 aromatic rings. The van der Waals surface area contributed by atoms with Crippen molar-refractivity contribution in [2.45, 2.75) is 26.4 Å². The van der Waals surface area contributed by atoms with Gasteiger partial charge in [-0.3, -0.25) is 0 Å². The smallest absolute Gasteiger partial charge is 0.103 e. The lowest BCUT2D eigenvalue weighted by Gasteiger charge is -2.14. The lowest BCUT2D eigenvalue weighted by Crippen LogP contribution is -2.08. The van der Waals surface area contributed by atoms with Crippen molar-refractivity contribution in [2.75, 3.05) is 13.2 Å². The molecule has 0 spiro atoms. The number of halogens is 1. The molecule has 1 unspecified atom stereocenters. The number of benzene rings is 1. The Balaban J connectivity index is 2.65. The molecule has 2 nitrogen and oxygen atoms in total. The Morgan fingerprint density at radius 2 is 2.20 bits per heavy atom.